The summed E-state index contributed by atoms with van der Waals surface area (Å²) in [7, 11) is 1.71. The van der Waals surface area contributed by atoms with Gasteiger partial charge < -0.3 is 5.11 Å². The number of anilines is 1. The summed E-state index contributed by atoms with van der Waals surface area (Å²) in [5.74, 6) is -1.33. The Hall–Kier alpha value is -2.48. The highest BCUT2D eigenvalue weighted by molar-refractivity contribution is 7.16. The van der Waals surface area contributed by atoms with Gasteiger partial charge in [-0.2, -0.15) is 5.10 Å². The molecular weight excluding hydrogens is 292 g/mol. The number of hydrogen-bond donors (Lipinski definition) is 2. The summed E-state index contributed by atoms with van der Waals surface area (Å²) in [4.78, 5) is 27.2. The molecule has 7 nitrogen and oxygen atoms in total. The third-order valence-electron chi connectivity index (χ3n) is 2.66. The molecule has 0 saturated carbocycles. The number of carboxylic acids is 1. The molecule has 21 heavy (non-hydrogen) atoms. The molecular formula is C13H14N4O3S. The molecule has 0 aromatic carbocycles. The van der Waals surface area contributed by atoms with E-state index < -0.39 is 5.97 Å². The fourth-order valence-corrected chi connectivity index (χ4v) is 2.36. The molecule has 110 valence electrons. The van der Waals surface area contributed by atoms with Crippen LogP contribution >= 0.6 is 11.3 Å². The lowest BCUT2D eigenvalue weighted by Crippen LogP contribution is -2.15. The van der Waals surface area contributed by atoms with Gasteiger partial charge in [-0.25, -0.2) is 9.78 Å². The van der Waals surface area contributed by atoms with E-state index in [0.29, 0.717) is 15.7 Å². The Morgan fingerprint density at radius 3 is 2.90 bits per heavy atom. The third-order valence-corrected chi connectivity index (χ3v) is 3.54. The molecule has 0 aliphatic heterocycles. The number of amides is 1. The number of hydrogen-bond acceptors (Lipinski definition) is 5. The van der Waals surface area contributed by atoms with Crippen molar-refractivity contribution in [2.75, 3.05) is 5.32 Å². The Bertz CT molecular complexity index is 702. The second-order valence-corrected chi connectivity index (χ2v) is 5.25. The second-order valence-electron chi connectivity index (χ2n) is 4.19. The van der Waals surface area contributed by atoms with E-state index in [1.54, 1.807) is 13.1 Å². The van der Waals surface area contributed by atoms with E-state index in [1.165, 1.54) is 28.3 Å². The van der Waals surface area contributed by atoms with Crippen molar-refractivity contribution in [3.8, 4) is 0 Å². The lowest BCUT2D eigenvalue weighted by Gasteiger charge is -2.00. The molecule has 2 N–H and O–H groups in total. The van der Waals surface area contributed by atoms with Crippen LogP contribution in [0.4, 0.5) is 5.13 Å². The molecule has 0 saturated heterocycles. The van der Waals surface area contributed by atoms with Crippen LogP contribution in [0.3, 0.4) is 0 Å². The van der Waals surface area contributed by atoms with Crippen LogP contribution in [0, 0.1) is 0 Å². The Morgan fingerprint density at radius 1 is 1.52 bits per heavy atom. The van der Waals surface area contributed by atoms with Crippen molar-refractivity contribution in [2.45, 2.75) is 13.3 Å². The molecule has 0 atom stereocenters. The van der Waals surface area contributed by atoms with Crippen LogP contribution in [0.25, 0.3) is 6.08 Å². The van der Waals surface area contributed by atoms with Gasteiger partial charge in [-0.1, -0.05) is 18.3 Å². The lowest BCUT2D eigenvalue weighted by atomic mass is 10.3. The van der Waals surface area contributed by atoms with E-state index in [0.717, 1.165) is 18.2 Å². The molecule has 0 aliphatic carbocycles. The van der Waals surface area contributed by atoms with Crippen LogP contribution in [-0.4, -0.2) is 31.7 Å². The Morgan fingerprint density at radius 2 is 2.29 bits per heavy atom. The summed E-state index contributed by atoms with van der Waals surface area (Å²) in [5.41, 5.74) is 1.29. The quantitative estimate of drug-likeness (QED) is 0.821. The van der Waals surface area contributed by atoms with Gasteiger partial charge in [0, 0.05) is 24.2 Å². The van der Waals surface area contributed by atoms with Gasteiger partial charge in [0.1, 0.15) is 5.69 Å². The monoisotopic (exact) mass is 306 g/mol. The minimum Gasteiger partial charge on any atom is -0.478 e. The highest BCUT2D eigenvalue weighted by atomic mass is 32.1. The third kappa shape index (κ3) is 3.76. The van der Waals surface area contributed by atoms with Crippen LogP contribution in [0.15, 0.2) is 18.3 Å². The molecule has 2 aromatic heterocycles. The summed E-state index contributed by atoms with van der Waals surface area (Å²) in [6, 6.07) is 1.73. The van der Waals surface area contributed by atoms with E-state index in [9.17, 15) is 9.59 Å². The minimum atomic E-state index is -1.03. The van der Waals surface area contributed by atoms with E-state index in [2.05, 4.69) is 15.4 Å². The Labute approximate surface area is 124 Å². The zero-order chi connectivity index (χ0) is 15.4. The summed E-state index contributed by atoms with van der Waals surface area (Å²) in [6.07, 6.45) is 4.70. The molecule has 0 radical (unpaired) electrons. The number of carbonyl (C=O) groups is 2. The van der Waals surface area contributed by atoms with Crippen molar-refractivity contribution in [3.05, 3.63) is 34.6 Å². The van der Waals surface area contributed by atoms with Crippen molar-refractivity contribution < 1.29 is 14.7 Å². The number of carbonyl (C=O) groups excluding carboxylic acids is 1. The predicted octanol–water partition coefficient (Wildman–Crippen LogP) is 1.79. The number of rotatable bonds is 5. The van der Waals surface area contributed by atoms with Gasteiger partial charge >= 0.3 is 5.97 Å². The van der Waals surface area contributed by atoms with Gasteiger partial charge in [-0.05, 0) is 18.6 Å². The topological polar surface area (TPSA) is 97.1 Å². The number of nitrogens with one attached hydrogen (secondary N) is 1. The predicted molar refractivity (Wildman–Crippen MR) is 79.3 cm³/mol. The molecule has 2 aromatic rings. The highest BCUT2D eigenvalue weighted by Gasteiger charge is 2.14. The normalized spacial score (nSPS) is 11.0. The lowest BCUT2D eigenvalue weighted by molar-refractivity contribution is -0.131. The first-order valence-corrected chi connectivity index (χ1v) is 7.02. The van der Waals surface area contributed by atoms with E-state index in [4.69, 9.17) is 5.11 Å². The molecule has 0 aliphatic rings. The summed E-state index contributed by atoms with van der Waals surface area (Å²) in [6.45, 7) is 1.96. The first kappa shape index (κ1) is 14.9. The standard InChI is InChI=1S/C13H14N4O3S/c1-3-8-6-10(17(2)16-8)12(20)15-13-14-7-9(21-13)4-5-11(18)19/h4-7H,3H2,1-2H3,(H,18,19)(H,14,15,20). The number of aromatic nitrogens is 3. The van der Waals surface area contributed by atoms with Gasteiger partial charge in [0.05, 0.1) is 5.69 Å². The molecule has 0 unspecified atom stereocenters. The minimum absolute atomic E-state index is 0.298. The molecule has 0 bridgehead atoms. The Kier molecular flexibility index (Phi) is 4.49. The number of nitrogens with zero attached hydrogens (tertiary/aromatic N) is 3. The van der Waals surface area contributed by atoms with Gasteiger partial charge in [0.2, 0.25) is 0 Å². The van der Waals surface area contributed by atoms with E-state index in [-0.39, 0.29) is 5.91 Å². The van der Waals surface area contributed by atoms with Gasteiger partial charge in [-0.3, -0.25) is 14.8 Å². The van der Waals surface area contributed by atoms with Crippen molar-refractivity contribution >= 4 is 34.4 Å². The SMILES string of the molecule is CCc1cc(C(=O)Nc2ncc(C=CC(=O)O)s2)n(C)n1. The average Bonchev–Trinajstić information content (AvgIpc) is 3.02. The number of thiazole rings is 1. The summed E-state index contributed by atoms with van der Waals surface area (Å²) in [5, 5.41) is 15.8. The van der Waals surface area contributed by atoms with E-state index in [1.807, 2.05) is 6.92 Å². The summed E-state index contributed by atoms with van der Waals surface area (Å²) >= 11 is 1.19. The smallest absolute Gasteiger partial charge is 0.328 e. The first-order valence-electron chi connectivity index (χ1n) is 6.20. The molecule has 0 fully saturated rings. The highest BCUT2D eigenvalue weighted by Crippen LogP contribution is 2.20. The van der Waals surface area contributed by atoms with Crippen LogP contribution in [0.2, 0.25) is 0 Å². The van der Waals surface area contributed by atoms with Gasteiger partial charge in [-0.15, -0.1) is 0 Å². The average molecular weight is 306 g/mol. The van der Waals surface area contributed by atoms with Crippen LogP contribution in [0.1, 0.15) is 28.0 Å². The zero-order valence-electron chi connectivity index (χ0n) is 11.5. The van der Waals surface area contributed by atoms with Crippen LogP contribution in [-0.2, 0) is 18.3 Å². The second kappa shape index (κ2) is 6.31. The molecule has 2 rings (SSSR count). The summed E-state index contributed by atoms with van der Waals surface area (Å²) < 4.78 is 1.52. The number of aliphatic carboxylic acids is 1. The maximum atomic E-state index is 12.1. The first-order chi connectivity index (χ1) is 9.99. The van der Waals surface area contributed by atoms with Crippen LogP contribution in [0.5, 0.6) is 0 Å². The molecule has 1 amide bonds. The number of carboxylic acid groups (broad SMARTS) is 1. The maximum Gasteiger partial charge on any atom is 0.328 e. The molecule has 8 heteroatoms. The van der Waals surface area contributed by atoms with Crippen molar-refractivity contribution in [1.82, 2.24) is 14.8 Å². The molecule has 0 spiro atoms. The van der Waals surface area contributed by atoms with E-state index >= 15 is 0 Å². The fraction of sp³-hybridized carbons (Fsp3) is 0.231. The number of aryl methyl sites for hydroxylation is 2. The van der Waals surface area contributed by atoms with Crippen molar-refractivity contribution in [3.63, 3.8) is 0 Å². The zero-order valence-corrected chi connectivity index (χ0v) is 12.3. The molecule has 2 heterocycles. The van der Waals surface area contributed by atoms with Crippen molar-refractivity contribution in [1.29, 1.82) is 0 Å². The van der Waals surface area contributed by atoms with Crippen molar-refractivity contribution in [2.24, 2.45) is 7.05 Å². The fourth-order valence-electron chi connectivity index (χ4n) is 1.65. The van der Waals surface area contributed by atoms with Gasteiger partial charge in [0.25, 0.3) is 5.91 Å². The van der Waals surface area contributed by atoms with Gasteiger partial charge in [0.15, 0.2) is 5.13 Å². The maximum absolute atomic E-state index is 12.1. The largest absolute Gasteiger partial charge is 0.478 e. The Balaban J connectivity index is 2.09. The van der Waals surface area contributed by atoms with Crippen LogP contribution < -0.4 is 5.32 Å².